The Bertz CT molecular complexity index is 2090. The summed E-state index contributed by atoms with van der Waals surface area (Å²) in [6.45, 7) is 3.46. The Labute approximate surface area is 592 Å². The summed E-state index contributed by atoms with van der Waals surface area (Å²) in [6.07, 6.45) is 15.5. The Morgan fingerprint density at radius 3 is 1.10 bits per heavy atom. The van der Waals surface area contributed by atoms with Crippen molar-refractivity contribution in [2.75, 3.05) is 26.4 Å². The summed E-state index contributed by atoms with van der Waals surface area (Å²) in [5.41, 5.74) is 0. The minimum atomic E-state index is -5.69. The van der Waals surface area contributed by atoms with Gasteiger partial charge in [-0.25, -0.2) is 4.57 Å². The summed E-state index contributed by atoms with van der Waals surface area (Å²) < 4.78 is 65.1. The van der Waals surface area contributed by atoms with E-state index in [0.29, 0.717) is 19.3 Å². The molecule has 3 aliphatic rings. The Morgan fingerprint density at radius 2 is 0.707 bits per heavy atom. The van der Waals surface area contributed by atoms with Gasteiger partial charge >= 0.3 is 25.7 Å². The highest BCUT2D eigenvalue weighted by Crippen LogP contribution is 2.49. The monoisotopic (exact) mass is 1440 g/mol. The van der Waals surface area contributed by atoms with Crippen molar-refractivity contribution in [3.63, 3.8) is 0 Å². The van der Waals surface area contributed by atoms with E-state index in [0.717, 1.165) is 109 Å². The molecule has 0 bridgehead atoms. The number of allylic oxidation sites excluding steroid dienone is 2. The molecule has 0 aromatic rings. The maximum atomic E-state index is 14.3. The molecule has 2 aliphatic heterocycles. The summed E-state index contributed by atoms with van der Waals surface area (Å²) >= 11 is 0. The van der Waals surface area contributed by atoms with Crippen LogP contribution < -0.4 is 0 Å². The Balaban J connectivity index is 1.72. The number of rotatable bonds is 61. The number of phosphoric acid groups is 1. The number of phosphoric ester groups is 1. The molecule has 1 aliphatic carbocycles. The molecule has 18 unspecified atom stereocenters. The van der Waals surface area contributed by atoms with Gasteiger partial charge in [0.1, 0.15) is 98.7 Å². The van der Waals surface area contributed by atoms with E-state index in [1.54, 1.807) is 0 Å². The first-order chi connectivity index (χ1) is 47.8. The van der Waals surface area contributed by atoms with Crippen molar-refractivity contribution in [1.82, 2.24) is 0 Å². The van der Waals surface area contributed by atoms with E-state index in [9.17, 15) is 74.9 Å². The lowest BCUT2D eigenvalue weighted by molar-refractivity contribution is -0.360. The molecule has 24 nitrogen and oxygen atoms in total. The van der Waals surface area contributed by atoms with Gasteiger partial charge in [0.2, 0.25) is 0 Å². The van der Waals surface area contributed by atoms with Gasteiger partial charge in [0.15, 0.2) is 18.7 Å². The molecule has 0 spiro atoms. The molecule has 3 fully saturated rings. The van der Waals surface area contributed by atoms with Crippen molar-refractivity contribution in [1.29, 1.82) is 0 Å². The fourth-order valence-electron chi connectivity index (χ4n) is 12.9. The van der Waals surface area contributed by atoms with E-state index in [-0.39, 0.29) is 19.3 Å². The smallest absolute Gasteiger partial charge is 0.463 e. The van der Waals surface area contributed by atoms with Crippen molar-refractivity contribution in [3.05, 3.63) is 12.2 Å². The molecule has 0 amide bonds. The van der Waals surface area contributed by atoms with Gasteiger partial charge in [0, 0.05) is 19.3 Å². The van der Waals surface area contributed by atoms with Gasteiger partial charge in [0.05, 0.1) is 13.2 Å². The number of aliphatic hydroxyl groups is 10. The van der Waals surface area contributed by atoms with Crippen LogP contribution in [-0.2, 0) is 61.2 Å². The van der Waals surface area contributed by atoms with Crippen LogP contribution in [0.3, 0.4) is 0 Å². The number of hydrogen-bond donors (Lipinski definition) is 11. The highest BCUT2D eigenvalue weighted by molar-refractivity contribution is 7.47. The third-order valence-electron chi connectivity index (χ3n) is 19.3. The van der Waals surface area contributed by atoms with Crippen molar-refractivity contribution < 1.29 is 117 Å². The van der Waals surface area contributed by atoms with Crippen LogP contribution in [0.2, 0.25) is 0 Å². The van der Waals surface area contributed by atoms with E-state index in [2.05, 4.69) is 32.9 Å². The lowest BCUT2D eigenvalue weighted by atomic mass is 9.84. The van der Waals surface area contributed by atoms with Crippen LogP contribution in [0, 0.1) is 0 Å². The molecule has 3 rings (SSSR count). The zero-order chi connectivity index (χ0) is 72.5. The lowest BCUT2D eigenvalue weighted by Gasteiger charge is -2.49. The Morgan fingerprint density at radius 1 is 0.384 bits per heavy atom. The molecular formula is C74H137O24P. The average Bonchev–Trinajstić information content (AvgIpc) is 0.762. The number of esters is 3. The van der Waals surface area contributed by atoms with E-state index < -0.39 is 156 Å². The van der Waals surface area contributed by atoms with Crippen LogP contribution in [-0.4, -0.2) is 204 Å². The molecule has 582 valence electrons. The zero-order valence-corrected chi connectivity index (χ0v) is 61.7. The standard InChI is InChI=1S/C74H137O24P/c1-4-7-10-13-16-19-22-25-27-29-32-35-38-41-44-47-50-60(78)93-55(52-90-58(76)48-45-42-39-36-33-30-24-21-18-15-12-9-6-3)53-92-99(88,89)98-72-70(96-73-68(86)63(81)61(79)56(51-75)94-73)66(84)65(83)67(85)71(72)97-74-69(87)64(82)62(80)57(95-74)54-91-59(77)49-46-43-40-37-34-31-28-26-23-20-17-14-11-8-5-2/h20,23,55-57,61-75,79-87H,4-19,21-22,24-54H2,1-3H3,(H,88,89)/b23-20-. The lowest BCUT2D eigenvalue weighted by Crippen LogP contribution is -2.69. The second-order valence-corrected chi connectivity index (χ2v) is 29.5. The van der Waals surface area contributed by atoms with Crippen LogP contribution in [0.5, 0.6) is 0 Å². The quantitative estimate of drug-likeness (QED) is 0.00886. The van der Waals surface area contributed by atoms with Crippen LogP contribution in [0.25, 0.3) is 0 Å². The molecule has 1 saturated carbocycles. The van der Waals surface area contributed by atoms with Crippen LogP contribution in [0.4, 0.5) is 0 Å². The van der Waals surface area contributed by atoms with Gasteiger partial charge in [-0.1, -0.05) is 258 Å². The molecule has 11 N–H and O–H groups in total. The second-order valence-electron chi connectivity index (χ2n) is 28.1. The van der Waals surface area contributed by atoms with Crippen molar-refractivity contribution in [2.24, 2.45) is 0 Å². The van der Waals surface area contributed by atoms with Crippen molar-refractivity contribution in [3.8, 4) is 0 Å². The highest BCUT2D eigenvalue weighted by Gasteiger charge is 2.58. The third-order valence-corrected chi connectivity index (χ3v) is 20.3. The average molecular weight is 1440 g/mol. The first-order valence-electron chi connectivity index (χ1n) is 39.0. The number of ether oxygens (including phenoxy) is 7. The van der Waals surface area contributed by atoms with Crippen LogP contribution in [0.15, 0.2) is 12.2 Å². The topological polar surface area (TPSA) is 374 Å². The van der Waals surface area contributed by atoms with Crippen molar-refractivity contribution in [2.45, 2.75) is 414 Å². The number of carbonyl (C=O) groups is 3. The second kappa shape index (κ2) is 56.1. The molecule has 2 saturated heterocycles. The number of hydrogen-bond acceptors (Lipinski definition) is 23. The summed E-state index contributed by atoms with van der Waals surface area (Å²) in [5.74, 6) is -1.98. The molecule has 99 heavy (non-hydrogen) atoms. The maximum absolute atomic E-state index is 14.3. The first kappa shape index (κ1) is 90.9. The van der Waals surface area contributed by atoms with E-state index >= 15 is 0 Å². The van der Waals surface area contributed by atoms with E-state index in [1.807, 2.05) is 0 Å². The number of unbranched alkanes of at least 4 members (excludes halogenated alkanes) is 38. The van der Waals surface area contributed by atoms with E-state index in [1.165, 1.54) is 141 Å². The SMILES string of the molecule is CCCCCC/C=C\CCCCCCCCCC(=O)OCC1OC(OC2C(O)C(O)C(O)C(OC3OC(CO)C(O)C(O)C3O)C2OP(=O)(O)OCC(COC(=O)CCCCCCCCCCCCCCC)OC(=O)CCCCCCCCCCCCCCCCCC)C(O)C(O)C1O. The molecule has 0 radical (unpaired) electrons. The number of aliphatic hydroxyl groups excluding tert-OH is 10. The predicted molar refractivity (Wildman–Crippen MR) is 375 cm³/mol. The van der Waals surface area contributed by atoms with Crippen molar-refractivity contribution >= 4 is 25.7 Å². The number of carbonyl (C=O) groups excluding carboxylic acids is 3. The third kappa shape index (κ3) is 39.0. The summed E-state index contributed by atoms with van der Waals surface area (Å²) in [5, 5.41) is 110. The predicted octanol–water partition coefficient (Wildman–Crippen LogP) is 11.1. The van der Waals surface area contributed by atoms with Gasteiger partial charge in [-0.3, -0.25) is 23.4 Å². The largest absolute Gasteiger partial charge is 0.472 e. The Kier molecular flexibility index (Phi) is 51.5. The minimum Gasteiger partial charge on any atom is -0.463 e. The zero-order valence-electron chi connectivity index (χ0n) is 60.8. The highest BCUT2D eigenvalue weighted by atomic mass is 31.2. The molecule has 0 aromatic heterocycles. The molecular weight excluding hydrogens is 1300 g/mol. The van der Waals surface area contributed by atoms with Crippen LogP contribution >= 0.6 is 7.82 Å². The fourth-order valence-corrected chi connectivity index (χ4v) is 13.9. The molecule has 0 aromatic carbocycles. The van der Waals surface area contributed by atoms with E-state index in [4.69, 9.17) is 42.2 Å². The summed E-state index contributed by atoms with van der Waals surface area (Å²) in [7, 11) is -5.69. The van der Waals surface area contributed by atoms with Gasteiger partial charge < -0.3 is 89.1 Å². The van der Waals surface area contributed by atoms with Gasteiger partial charge in [-0.05, 0) is 44.9 Å². The minimum absolute atomic E-state index is 0.0248. The Hall–Kier alpha value is -2.30. The fraction of sp³-hybridized carbons (Fsp3) is 0.932. The van der Waals surface area contributed by atoms with Gasteiger partial charge in [-0.15, -0.1) is 0 Å². The van der Waals surface area contributed by atoms with Crippen LogP contribution in [0.1, 0.15) is 310 Å². The van der Waals surface area contributed by atoms with Gasteiger partial charge in [0.25, 0.3) is 0 Å². The maximum Gasteiger partial charge on any atom is 0.472 e. The molecule has 2 heterocycles. The summed E-state index contributed by atoms with van der Waals surface area (Å²) in [4.78, 5) is 51.0. The molecule has 25 heteroatoms. The summed E-state index contributed by atoms with van der Waals surface area (Å²) in [6, 6.07) is 0. The first-order valence-corrected chi connectivity index (χ1v) is 40.5. The molecule has 18 atom stereocenters. The van der Waals surface area contributed by atoms with Gasteiger partial charge in [-0.2, -0.15) is 0 Å². The normalized spacial score (nSPS) is 27.5.